The van der Waals surface area contributed by atoms with Gasteiger partial charge in [0.15, 0.2) is 6.29 Å². The molecule has 1 rings (SSSR count). The first kappa shape index (κ1) is 70.1. The number of aliphatic hydroxyl groups excluding tert-OH is 5. The molecule has 0 aromatic heterocycles. The molecule has 1 aliphatic heterocycles. The van der Waals surface area contributed by atoms with Crippen molar-refractivity contribution in [1.82, 2.24) is 5.32 Å². The van der Waals surface area contributed by atoms with Crippen LogP contribution in [0.3, 0.4) is 0 Å². The summed E-state index contributed by atoms with van der Waals surface area (Å²) < 4.78 is 11.3. The third-order valence-electron chi connectivity index (χ3n) is 14.2. The van der Waals surface area contributed by atoms with Crippen LogP contribution in [0, 0.1) is 0 Å². The number of rotatable bonds is 52. The summed E-state index contributed by atoms with van der Waals surface area (Å²) in [5.74, 6) is -0.190. The standard InChI is InChI=1S/C66H115NO8/c1-3-5-7-9-11-13-15-17-19-21-23-25-27-28-29-30-31-32-34-36-38-40-42-44-46-48-50-52-54-56-62(70)67-59(58-74-66-65(73)64(72)63(71)61(57-68)75-66)60(69)55-53-51-49-47-45-43-41-39-37-35-33-26-24-22-20-18-16-14-12-10-8-6-4-2/h5,7,11,13,17,19,23,25,28-29,31-32,36,38,53,55,59-61,63-66,68-69,71-73H,3-4,6,8-10,12,14-16,18,20-22,24,26-27,30,33-35,37,39-52,54,56-58H2,1-2H3,(H,67,70)/b7-5-,13-11-,19-17-,25-23-,29-28-,32-31-,38-36-,55-53+. The minimum atomic E-state index is -1.57. The Kier molecular flexibility index (Phi) is 50.9. The fourth-order valence-electron chi connectivity index (χ4n) is 9.31. The molecule has 0 bridgehead atoms. The Bertz CT molecular complexity index is 1500. The van der Waals surface area contributed by atoms with Crippen molar-refractivity contribution < 1.29 is 39.8 Å². The second-order valence-electron chi connectivity index (χ2n) is 21.1. The molecule has 1 fully saturated rings. The number of allylic oxidation sites excluding steroid dienone is 15. The molecule has 0 saturated carbocycles. The van der Waals surface area contributed by atoms with E-state index in [0.29, 0.717) is 6.42 Å². The highest BCUT2D eigenvalue weighted by Gasteiger charge is 2.44. The van der Waals surface area contributed by atoms with Gasteiger partial charge < -0.3 is 40.3 Å². The van der Waals surface area contributed by atoms with Crippen molar-refractivity contribution in [3.63, 3.8) is 0 Å². The highest BCUT2D eigenvalue weighted by Crippen LogP contribution is 2.23. The smallest absolute Gasteiger partial charge is 0.220 e. The van der Waals surface area contributed by atoms with Crippen molar-refractivity contribution in [2.75, 3.05) is 13.2 Å². The van der Waals surface area contributed by atoms with E-state index in [2.05, 4.69) is 104 Å². The average molecular weight is 1050 g/mol. The number of hydrogen-bond acceptors (Lipinski definition) is 8. The maximum Gasteiger partial charge on any atom is 0.220 e. The van der Waals surface area contributed by atoms with Crippen LogP contribution in [0.5, 0.6) is 0 Å². The minimum Gasteiger partial charge on any atom is -0.394 e. The van der Waals surface area contributed by atoms with Crippen LogP contribution in [0.2, 0.25) is 0 Å². The summed E-state index contributed by atoms with van der Waals surface area (Å²) in [6, 6.07) is -0.819. The van der Waals surface area contributed by atoms with E-state index in [-0.39, 0.29) is 12.5 Å². The summed E-state index contributed by atoms with van der Waals surface area (Å²) in [6.45, 7) is 3.67. The van der Waals surface area contributed by atoms with Gasteiger partial charge in [0, 0.05) is 6.42 Å². The molecule has 9 nitrogen and oxygen atoms in total. The van der Waals surface area contributed by atoms with Gasteiger partial charge in [0.1, 0.15) is 24.4 Å². The first-order valence-corrected chi connectivity index (χ1v) is 31.0. The van der Waals surface area contributed by atoms with Gasteiger partial charge in [-0.25, -0.2) is 0 Å². The molecule has 0 radical (unpaired) electrons. The predicted molar refractivity (Wildman–Crippen MR) is 318 cm³/mol. The lowest BCUT2D eigenvalue weighted by Crippen LogP contribution is -2.60. The number of ether oxygens (including phenoxy) is 2. The highest BCUT2D eigenvalue weighted by atomic mass is 16.7. The second-order valence-corrected chi connectivity index (χ2v) is 21.1. The highest BCUT2D eigenvalue weighted by molar-refractivity contribution is 5.76. The molecule has 7 atom stereocenters. The molecule has 7 unspecified atom stereocenters. The van der Waals surface area contributed by atoms with Gasteiger partial charge in [0.2, 0.25) is 5.91 Å². The van der Waals surface area contributed by atoms with E-state index in [1.54, 1.807) is 6.08 Å². The number of carbonyl (C=O) groups excluding carboxylic acids is 1. The largest absolute Gasteiger partial charge is 0.394 e. The Morgan fingerprint density at radius 3 is 1.23 bits per heavy atom. The van der Waals surface area contributed by atoms with E-state index in [0.717, 1.165) is 96.3 Å². The fourth-order valence-corrected chi connectivity index (χ4v) is 9.31. The van der Waals surface area contributed by atoms with Crippen LogP contribution in [0.1, 0.15) is 258 Å². The van der Waals surface area contributed by atoms with E-state index in [1.807, 2.05) is 6.08 Å². The summed E-state index contributed by atoms with van der Waals surface area (Å²) in [5.41, 5.74) is 0. The molecule has 432 valence electrons. The zero-order valence-electron chi connectivity index (χ0n) is 48.0. The molecule has 1 heterocycles. The molecule has 0 spiro atoms. The first-order valence-electron chi connectivity index (χ1n) is 31.0. The van der Waals surface area contributed by atoms with Gasteiger partial charge in [-0.05, 0) is 77.0 Å². The van der Waals surface area contributed by atoms with E-state index in [4.69, 9.17) is 9.47 Å². The van der Waals surface area contributed by atoms with Gasteiger partial charge in [0.05, 0.1) is 25.4 Å². The summed E-state index contributed by atoms with van der Waals surface area (Å²) in [5, 5.41) is 54.6. The van der Waals surface area contributed by atoms with Crippen molar-refractivity contribution in [2.45, 2.75) is 301 Å². The molecule has 9 heteroatoms. The molecule has 1 saturated heterocycles. The Morgan fingerprint density at radius 1 is 0.467 bits per heavy atom. The maximum absolute atomic E-state index is 13.1. The number of aliphatic hydroxyl groups is 5. The van der Waals surface area contributed by atoms with Crippen LogP contribution in [0.4, 0.5) is 0 Å². The monoisotopic (exact) mass is 1050 g/mol. The number of unbranched alkanes of at least 4 members (excludes halogenated alkanes) is 28. The van der Waals surface area contributed by atoms with Crippen LogP contribution >= 0.6 is 0 Å². The molecule has 1 aliphatic rings. The van der Waals surface area contributed by atoms with Gasteiger partial charge in [-0.2, -0.15) is 0 Å². The Hall–Kier alpha value is -2.89. The van der Waals surface area contributed by atoms with Gasteiger partial charge >= 0.3 is 0 Å². The zero-order chi connectivity index (χ0) is 54.3. The van der Waals surface area contributed by atoms with Crippen molar-refractivity contribution >= 4 is 5.91 Å². The summed E-state index contributed by atoms with van der Waals surface area (Å²) in [7, 11) is 0. The van der Waals surface area contributed by atoms with Crippen molar-refractivity contribution in [2.24, 2.45) is 0 Å². The van der Waals surface area contributed by atoms with Gasteiger partial charge in [-0.3, -0.25) is 4.79 Å². The number of carbonyl (C=O) groups is 1. The van der Waals surface area contributed by atoms with Gasteiger partial charge in [0.25, 0.3) is 0 Å². The molecule has 1 amide bonds. The number of hydrogen-bond donors (Lipinski definition) is 6. The Morgan fingerprint density at radius 2 is 0.827 bits per heavy atom. The van der Waals surface area contributed by atoms with Gasteiger partial charge in [-0.15, -0.1) is 0 Å². The predicted octanol–water partition coefficient (Wildman–Crippen LogP) is 16.0. The topological polar surface area (TPSA) is 149 Å². The Labute approximate surface area is 460 Å². The lowest BCUT2D eigenvalue weighted by Gasteiger charge is -2.40. The fraction of sp³-hybridized carbons (Fsp3) is 0.742. The third-order valence-corrected chi connectivity index (χ3v) is 14.2. The van der Waals surface area contributed by atoms with E-state index in [1.165, 1.54) is 141 Å². The van der Waals surface area contributed by atoms with Crippen molar-refractivity contribution in [3.8, 4) is 0 Å². The van der Waals surface area contributed by atoms with Crippen molar-refractivity contribution in [3.05, 3.63) is 97.2 Å². The lowest BCUT2D eigenvalue weighted by molar-refractivity contribution is -0.302. The van der Waals surface area contributed by atoms with Crippen LogP contribution in [-0.2, 0) is 14.3 Å². The number of amides is 1. The van der Waals surface area contributed by atoms with Crippen LogP contribution in [-0.4, -0.2) is 87.5 Å². The number of nitrogens with one attached hydrogen (secondary N) is 1. The maximum atomic E-state index is 13.1. The Balaban J connectivity index is 2.23. The van der Waals surface area contributed by atoms with E-state index < -0.39 is 49.5 Å². The molecule has 75 heavy (non-hydrogen) atoms. The molecular weight excluding hydrogens is 935 g/mol. The molecular formula is C66H115NO8. The van der Waals surface area contributed by atoms with E-state index >= 15 is 0 Å². The molecule has 0 aromatic rings. The molecule has 0 aromatic carbocycles. The van der Waals surface area contributed by atoms with Crippen LogP contribution < -0.4 is 5.32 Å². The average Bonchev–Trinajstić information content (AvgIpc) is 3.41. The van der Waals surface area contributed by atoms with Gasteiger partial charge in [-0.1, -0.05) is 272 Å². The van der Waals surface area contributed by atoms with Crippen LogP contribution in [0.25, 0.3) is 0 Å². The van der Waals surface area contributed by atoms with Crippen LogP contribution in [0.15, 0.2) is 97.2 Å². The van der Waals surface area contributed by atoms with Crippen molar-refractivity contribution in [1.29, 1.82) is 0 Å². The summed E-state index contributed by atoms with van der Waals surface area (Å²) in [6.07, 6.45) is 71.8. The quantitative estimate of drug-likeness (QED) is 0.0261. The SMILES string of the molecule is CC/C=C\C/C=C\C/C=C\C/C=C\C/C=C\C/C=C\C/C=C\CCCCCCCCCC(=O)NC(COC1OC(CO)C(O)C(O)C1O)C(O)/C=C/CCCCCCCCCCCCCCCCCCCCCCC. The second kappa shape index (κ2) is 54.5. The normalized spacial score (nSPS) is 19.6. The molecule has 0 aliphatic carbocycles. The summed E-state index contributed by atoms with van der Waals surface area (Å²) >= 11 is 0. The van der Waals surface area contributed by atoms with E-state index in [9.17, 15) is 30.3 Å². The zero-order valence-corrected chi connectivity index (χ0v) is 48.0. The first-order chi connectivity index (χ1) is 36.8. The summed E-state index contributed by atoms with van der Waals surface area (Å²) in [4.78, 5) is 13.1. The lowest BCUT2D eigenvalue weighted by atomic mass is 9.99. The minimum absolute atomic E-state index is 0.190. The third kappa shape index (κ3) is 43.7. The molecule has 6 N–H and O–H groups in total.